The molecule has 1 aromatic heterocycles. The highest BCUT2D eigenvalue weighted by Gasteiger charge is 2.10. The van der Waals surface area contributed by atoms with Gasteiger partial charge in [-0.1, -0.05) is 12.1 Å². The molecule has 1 N–H and O–H groups in total. The fraction of sp³-hybridized carbons (Fsp3) is 0.188. The second-order valence-corrected chi connectivity index (χ2v) is 4.68. The number of rotatable bonds is 3. The van der Waals surface area contributed by atoms with Gasteiger partial charge in [0.15, 0.2) is 0 Å². The molecule has 0 amide bonds. The fourth-order valence-electron chi connectivity index (χ4n) is 2.38. The van der Waals surface area contributed by atoms with Crippen molar-refractivity contribution in [3.8, 4) is 17.1 Å². The number of benzene rings is 2. The van der Waals surface area contributed by atoms with E-state index in [2.05, 4.69) is 28.1 Å². The summed E-state index contributed by atoms with van der Waals surface area (Å²) in [5.41, 5.74) is 4.21. The normalized spacial score (nSPS) is 10.8. The van der Waals surface area contributed by atoms with Crippen LogP contribution < -0.4 is 10.1 Å². The number of aromatic nitrogens is 2. The van der Waals surface area contributed by atoms with E-state index in [1.165, 1.54) is 0 Å². The summed E-state index contributed by atoms with van der Waals surface area (Å²) in [5.74, 6) is 1.78. The number of fused-ring (bicyclic) bond motifs is 1. The maximum absolute atomic E-state index is 5.28. The molecular weight excluding hydrogens is 250 g/mol. The Morgan fingerprint density at radius 1 is 1.15 bits per heavy atom. The van der Waals surface area contributed by atoms with Gasteiger partial charge in [0.2, 0.25) is 0 Å². The minimum Gasteiger partial charge on any atom is -0.497 e. The van der Waals surface area contributed by atoms with E-state index in [9.17, 15) is 0 Å². The molecule has 0 fully saturated rings. The number of imidazole rings is 1. The quantitative estimate of drug-likeness (QED) is 0.791. The molecule has 3 rings (SSSR count). The molecule has 0 unspecified atom stereocenters. The Morgan fingerprint density at radius 2 is 2.00 bits per heavy atom. The molecule has 0 saturated carbocycles. The molecule has 4 nitrogen and oxygen atoms in total. The third-order valence-electron chi connectivity index (χ3n) is 3.50. The summed E-state index contributed by atoms with van der Waals surface area (Å²) in [6.07, 6.45) is 0. The van der Waals surface area contributed by atoms with E-state index in [0.29, 0.717) is 0 Å². The highest BCUT2D eigenvalue weighted by Crippen LogP contribution is 2.27. The van der Waals surface area contributed by atoms with Crippen molar-refractivity contribution in [1.82, 2.24) is 9.55 Å². The van der Waals surface area contributed by atoms with Gasteiger partial charge in [0.05, 0.1) is 18.1 Å². The maximum atomic E-state index is 5.28. The Kier molecular flexibility index (Phi) is 3.06. The van der Waals surface area contributed by atoms with Crippen LogP contribution in [0, 0.1) is 0 Å². The van der Waals surface area contributed by atoms with E-state index in [4.69, 9.17) is 9.72 Å². The van der Waals surface area contributed by atoms with Gasteiger partial charge in [-0.25, -0.2) is 4.98 Å². The van der Waals surface area contributed by atoms with Gasteiger partial charge in [-0.2, -0.15) is 0 Å². The molecule has 0 atom stereocenters. The van der Waals surface area contributed by atoms with Crippen molar-refractivity contribution < 1.29 is 4.74 Å². The van der Waals surface area contributed by atoms with E-state index in [1.54, 1.807) is 7.11 Å². The lowest BCUT2D eigenvalue weighted by Crippen LogP contribution is -1.93. The average molecular weight is 267 g/mol. The van der Waals surface area contributed by atoms with Crippen molar-refractivity contribution in [2.24, 2.45) is 7.05 Å². The van der Waals surface area contributed by atoms with Gasteiger partial charge >= 0.3 is 0 Å². The fourth-order valence-corrected chi connectivity index (χ4v) is 2.38. The van der Waals surface area contributed by atoms with Crippen LogP contribution in [0.3, 0.4) is 0 Å². The first-order chi connectivity index (χ1) is 9.72. The van der Waals surface area contributed by atoms with E-state index in [-0.39, 0.29) is 0 Å². The summed E-state index contributed by atoms with van der Waals surface area (Å²) >= 11 is 0. The van der Waals surface area contributed by atoms with Crippen molar-refractivity contribution in [1.29, 1.82) is 0 Å². The largest absolute Gasteiger partial charge is 0.497 e. The number of hydrogen-bond acceptors (Lipinski definition) is 3. The first-order valence-corrected chi connectivity index (χ1v) is 6.51. The second kappa shape index (κ2) is 4.89. The van der Waals surface area contributed by atoms with Gasteiger partial charge in [-0.05, 0) is 30.3 Å². The topological polar surface area (TPSA) is 39.1 Å². The number of methoxy groups -OCH3 is 1. The van der Waals surface area contributed by atoms with Gasteiger partial charge in [0.25, 0.3) is 0 Å². The van der Waals surface area contributed by atoms with Crippen LogP contribution in [0.5, 0.6) is 5.75 Å². The molecule has 20 heavy (non-hydrogen) atoms. The summed E-state index contributed by atoms with van der Waals surface area (Å²) in [7, 11) is 5.61. The minimum atomic E-state index is 0.838. The summed E-state index contributed by atoms with van der Waals surface area (Å²) < 4.78 is 7.38. The van der Waals surface area contributed by atoms with Crippen molar-refractivity contribution in [3.05, 3.63) is 42.5 Å². The summed E-state index contributed by atoms with van der Waals surface area (Å²) in [6, 6.07) is 14.1. The van der Waals surface area contributed by atoms with Gasteiger partial charge < -0.3 is 14.6 Å². The zero-order valence-electron chi connectivity index (χ0n) is 11.8. The smallest absolute Gasteiger partial charge is 0.140 e. The minimum absolute atomic E-state index is 0.838. The lowest BCUT2D eigenvalue weighted by molar-refractivity contribution is 0.415. The number of aryl methyl sites for hydroxylation is 1. The Balaban J connectivity index is 2.18. The van der Waals surface area contributed by atoms with Crippen molar-refractivity contribution in [2.75, 3.05) is 19.5 Å². The van der Waals surface area contributed by atoms with E-state index >= 15 is 0 Å². The molecule has 0 saturated heterocycles. The molecule has 102 valence electrons. The summed E-state index contributed by atoms with van der Waals surface area (Å²) in [6.45, 7) is 0. The van der Waals surface area contributed by atoms with Crippen LogP contribution in [0.2, 0.25) is 0 Å². The molecule has 3 aromatic rings. The first kappa shape index (κ1) is 12.5. The number of ether oxygens (including phenoxy) is 1. The third-order valence-corrected chi connectivity index (χ3v) is 3.50. The zero-order chi connectivity index (χ0) is 14.1. The zero-order valence-corrected chi connectivity index (χ0v) is 11.8. The van der Waals surface area contributed by atoms with Crippen molar-refractivity contribution in [3.63, 3.8) is 0 Å². The molecule has 0 spiro atoms. The van der Waals surface area contributed by atoms with Crippen LogP contribution in [-0.4, -0.2) is 23.7 Å². The summed E-state index contributed by atoms with van der Waals surface area (Å²) in [5, 5.41) is 3.14. The first-order valence-electron chi connectivity index (χ1n) is 6.51. The monoisotopic (exact) mass is 267 g/mol. The lowest BCUT2D eigenvalue weighted by atomic mass is 10.2. The van der Waals surface area contributed by atoms with Crippen LogP contribution in [-0.2, 0) is 7.05 Å². The van der Waals surface area contributed by atoms with Gasteiger partial charge in [-0.15, -0.1) is 0 Å². The lowest BCUT2D eigenvalue weighted by Gasteiger charge is -2.05. The van der Waals surface area contributed by atoms with Gasteiger partial charge in [0.1, 0.15) is 11.6 Å². The van der Waals surface area contributed by atoms with E-state index in [1.807, 2.05) is 38.4 Å². The highest BCUT2D eigenvalue weighted by atomic mass is 16.5. The van der Waals surface area contributed by atoms with Crippen LogP contribution in [0.4, 0.5) is 5.69 Å². The van der Waals surface area contributed by atoms with Crippen LogP contribution >= 0.6 is 0 Å². The van der Waals surface area contributed by atoms with Gasteiger partial charge in [-0.3, -0.25) is 0 Å². The second-order valence-electron chi connectivity index (χ2n) is 4.68. The highest BCUT2D eigenvalue weighted by molar-refractivity contribution is 5.83. The summed E-state index contributed by atoms with van der Waals surface area (Å²) in [4.78, 5) is 4.73. The van der Waals surface area contributed by atoms with Crippen molar-refractivity contribution in [2.45, 2.75) is 0 Å². The predicted octanol–water partition coefficient (Wildman–Crippen LogP) is 3.29. The Labute approximate surface area is 118 Å². The van der Waals surface area contributed by atoms with Crippen LogP contribution in [0.25, 0.3) is 22.4 Å². The van der Waals surface area contributed by atoms with E-state index < -0.39 is 0 Å². The molecular formula is C16H17N3O. The average Bonchev–Trinajstić information content (AvgIpc) is 2.83. The molecule has 0 bridgehead atoms. The molecule has 0 aliphatic rings. The molecule has 0 radical (unpaired) electrons. The standard InChI is InChI=1S/C16H17N3O/c1-17-12-7-8-15-14(10-12)18-16(19(15)2)11-5-4-6-13(9-11)20-3/h4-10,17H,1-3H3. The number of nitrogens with zero attached hydrogens (tertiary/aromatic N) is 2. The number of anilines is 1. The molecule has 0 aliphatic carbocycles. The van der Waals surface area contributed by atoms with E-state index in [0.717, 1.165) is 33.9 Å². The Bertz CT molecular complexity index is 762. The maximum Gasteiger partial charge on any atom is 0.140 e. The predicted molar refractivity (Wildman–Crippen MR) is 82.2 cm³/mol. The van der Waals surface area contributed by atoms with Crippen LogP contribution in [0.1, 0.15) is 0 Å². The van der Waals surface area contributed by atoms with Crippen molar-refractivity contribution >= 4 is 16.7 Å². The third kappa shape index (κ3) is 1.99. The van der Waals surface area contributed by atoms with Gasteiger partial charge in [0, 0.05) is 25.3 Å². The Hall–Kier alpha value is -2.49. The number of nitrogens with one attached hydrogen (secondary N) is 1. The molecule has 0 aliphatic heterocycles. The molecule has 1 heterocycles. The Morgan fingerprint density at radius 3 is 2.75 bits per heavy atom. The molecule has 4 heteroatoms. The number of hydrogen-bond donors (Lipinski definition) is 1. The molecule has 2 aromatic carbocycles. The SMILES string of the molecule is CNc1ccc2c(c1)nc(-c1cccc(OC)c1)n2C. The van der Waals surface area contributed by atoms with Crippen LogP contribution in [0.15, 0.2) is 42.5 Å².